The van der Waals surface area contributed by atoms with E-state index >= 15 is 0 Å². The van der Waals surface area contributed by atoms with E-state index in [0.29, 0.717) is 17.4 Å². The molecule has 1 fully saturated rings. The fraction of sp³-hybridized carbons (Fsp3) is 0.357. The average Bonchev–Trinajstić information content (AvgIpc) is 3.05. The van der Waals surface area contributed by atoms with Gasteiger partial charge in [-0.05, 0) is 25.8 Å². The molecule has 1 amide bonds. The first-order valence-electron chi connectivity index (χ1n) is 6.62. The molecule has 110 valence electrons. The first-order chi connectivity index (χ1) is 10.0. The van der Waals surface area contributed by atoms with Crippen LogP contribution in [0.25, 0.3) is 0 Å². The summed E-state index contributed by atoms with van der Waals surface area (Å²) >= 11 is 0. The molecule has 2 aromatic heterocycles. The number of carbonyl (C=O) groups excluding carboxylic acids is 1. The van der Waals surface area contributed by atoms with Gasteiger partial charge < -0.3 is 19.4 Å². The molecule has 1 aliphatic carbocycles. The van der Waals surface area contributed by atoms with Gasteiger partial charge in [0.1, 0.15) is 17.1 Å². The van der Waals surface area contributed by atoms with Gasteiger partial charge in [0.25, 0.3) is 5.91 Å². The number of aryl methyl sites for hydroxylation is 1. The minimum atomic E-state index is -1.06. The highest BCUT2D eigenvalue weighted by Gasteiger charge is 2.28. The highest BCUT2D eigenvalue weighted by molar-refractivity contribution is 5.91. The number of furan rings is 1. The van der Waals surface area contributed by atoms with Crippen molar-refractivity contribution in [2.24, 2.45) is 0 Å². The van der Waals surface area contributed by atoms with E-state index < -0.39 is 11.9 Å². The first kappa shape index (κ1) is 13.4. The predicted molar refractivity (Wildman–Crippen MR) is 70.1 cm³/mol. The molecule has 21 heavy (non-hydrogen) atoms. The van der Waals surface area contributed by atoms with E-state index in [1.54, 1.807) is 13.0 Å². The van der Waals surface area contributed by atoms with Gasteiger partial charge in [0.15, 0.2) is 0 Å². The summed E-state index contributed by atoms with van der Waals surface area (Å²) in [4.78, 5) is 22.8. The summed E-state index contributed by atoms with van der Waals surface area (Å²) in [5, 5.41) is 15.4. The lowest BCUT2D eigenvalue weighted by Crippen LogP contribution is -2.22. The van der Waals surface area contributed by atoms with Gasteiger partial charge in [-0.1, -0.05) is 5.16 Å². The zero-order chi connectivity index (χ0) is 15.0. The van der Waals surface area contributed by atoms with Crippen molar-refractivity contribution < 1.29 is 23.6 Å². The van der Waals surface area contributed by atoms with E-state index in [1.165, 1.54) is 6.07 Å². The highest BCUT2D eigenvalue weighted by atomic mass is 16.5. The standard InChI is InChI=1S/C14H14N2O5/c1-7-10(14(18)19)4-9(20-7)6-15-13(17)12-5-11(16-21-12)8-2-3-8/h4-5,8H,2-3,6H2,1H3,(H,15,17)(H,18,19). The van der Waals surface area contributed by atoms with Crippen LogP contribution in [0.4, 0.5) is 0 Å². The molecule has 0 bridgehead atoms. The van der Waals surface area contributed by atoms with E-state index in [4.69, 9.17) is 14.0 Å². The number of carboxylic acids is 1. The van der Waals surface area contributed by atoms with Crippen molar-refractivity contribution in [3.05, 3.63) is 40.7 Å². The van der Waals surface area contributed by atoms with Gasteiger partial charge in [0.2, 0.25) is 5.76 Å². The van der Waals surface area contributed by atoms with E-state index in [9.17, 15) is 9.59 Å². The van der Waals surface area contributed by atoms with E-state index in [0.717, 1.165) is 18.5 Å². The third kappa shape index (κ3) is 2.81. The molecule has 2 aromatic rings. The Bertz CT molecular complexity index is 696. The summed E-state index contributed by atoms with van der Waals surface area (Å²) in [6.07, 6.45) is 2.16. The molecular formula is C14H14N2O5. The molecule has 1 saturated carbocycles. The molecular weight excluding hydrogens is 276 g/mol. The van der Waals surface area contributed by atoms with Crippen molar-refractivity contribution in [2.45, 2.75) is 32.2 Å². The second-order valence-corrected chi connectivity index (χ2v) is 5.06. The molecule has 0 unspecified atom stereocenters. The molecule has 0 aromatic carbocycles. The Morgan fingerprint density at radius 3 is 2.81 bits per heavy atom. The Labute approximate surface area is 119 Å². The van der Waals surface area contributed by atoms with Crippen LogP contribution in [-0.2, 0) is 6.54 Å². The molecule has 2 N–H and O–H groups in total. The van der Waals surface area contributed by atoms with Crippen molar-refractivity contribution in [1.29, 1.82) is 0 Å². The van der Waals surface area contributed by atoms with Gasteiger partial charge in [-0.3, -0.25) is 4.79 Å². The number of hydrogen-bond donors (Lipinski definition) is 2. The van der Waals surface area contributed by atoms with Crippen LogP contribution in [0.1, 0.15) is 56.9 Å². The van der Waals surface area contributed by atoms with Gasteiger partial charge in [0.05, 0.1) is 12.2 Å². The third-order valence-electron chi connectivity index (χ3n) is 3.37. The smallest absolute Gasteiger partial charge is 0.339 e. The molecule has 2 heterocycles. The second-order valence-electron chi connectivity index (χ2n) is 5.06. The number of carboxylic acid groups (broad SMARTS) is 1. The summed E-state index contributed by atoms with van der Waals surface area (Å²) < 4.78 is 10.3. The molecule has 7 nitrogen and oxygen atoms in total. The minimum absolute atomic E-state index is 0.0897. The average molecular weight is 290 g/mol. The van der Waals surface area contributed by atoms with E-state index in [2.05, 4.69) is 10.5 Å². The van der Waals surface area contributed by atoms with Gasteiger partial charge in [-0.15, -0.1) is 0 Å². The molecule has 0 aliphatic heterocycles. The lowest BCUT2D eigenvalue weighted by Gasteiger charge is -1.98. The molecule has 3 rings (SSSR count). The maximum absolute atomic E-state index is 11.9. The number of aromatic carboxylic acids is 1. The number of rotatable bonds is 5. The SMILES string of the molecule is Cc1oc(CNC(=O)c2cc(C3CC3)no2)cc1C(=O)O. The Balaban J connectivity index is 1.62. The fourth-order valence-corrected chi connectivity index (χ4v) is 2.07. The zero-order valence-corrected chi connectivity index (χ0v) is 11.4. The quantitative estimate of drug-likeness (QED) is 0.873. The summed E-state index contributed by atoms with van der Waals surface area (Å²) in [5.74, 6) is -0.208. The van der Waals surface area contributed by atoms with Gasteiger partial charge >= 0.3 is 5.97 Å². The topological polar surface area (TPSA) is 106 Å². The summed E-state index contributed by atoms with van der Waals surface area (Å²) in [6.45, 7) is 1.65. The summed E-state index contributed by atoms with van der Waals surface area (Å²) in [5.41, 5.74) is 0.900. The zero-order valence-electron chi connectivity index (χ0n) is 11.4. The number of amides is 1. The Morgan fingerprint density at radius 2 is 2.19 bits per heavy atom. The lowest BCUT2D eigenvalue weighted by molar-refractivity contribution is 0.0694. The molecule has 0 saturated heterocycles. The number of hydrogen-bond acceptors (Lipinski definition) is 5. The van der Waals surface area contributed by atoms with Crippen LogP contribution in [0.5, 0.6) is 0 Å². The van der Waals surface area contributed by atoms with Crippen molar-refractivity contribution in [2.75, 3.05) is 0 Å². The summed E-state index contributed by atoms with van der Waals surface area (Å²) in [6, 6.07) is 3.04. The monoisotopic (exact) mass is 290 g/mol. The maximum atomic E-state index is 11.9. The largest absolute Gasteiger partial charge is 0.478 e. The van der Waals surface area contributed by atoms with Crippen LogP contribution in [0.3, 0.4) is 0 Å². The van der Waals surface area contributed by atoms with Crippen LogP contribution in [-0.4, -0.2) is 22.1 Å². The molecule has 7 heteroatoms. The van der Waals surface area contributed by atoms with Crippen LogP contribution in [0.15, 0.2) is 21.1 Å². The maximum Gasteiger partial charge on any atom is 0.339 e. The van der Waals surface area contributed by atoms with Gasteiger partial charge in [0, 0.05) is 12.0 Å². The van der Waals surface area contributed by atoms with Gasteiger partial charge in [-0.25, -0.2) is 4.79 Å². The normalized spacial score (nSPS) is 14.1. The Morgan fingerprint density at radius 1 is 1.43 bits per heavy atom. The van der Waals surface area contributed by atoms with Gasteiger partial charge in [-0.2, -0.15) is 0 Å². The Hall–Kier alpha value is -2.57. The third-order valence-corrected chi connectivity index (χ3v) is 3.37. The van der Waals surface area contributed by atoms with Crippen LogP contribution in [0, 0.1) is 6.92 Å². The molecule has 0 atom stereocenters. The van der Waals surface area contributed by atoms with Crippen molar-refractivity contribution in [3.8, 4) is 0 Å². The lowest BCUT2D eigenvalue weighted by atomic mass is 10.2. The van der Waals surface area contributed by atoms with Crippen LogP contribution >= 0.6 is 0 Å². The highest BCUT2D eigenvalue weighted by Crippen LogP contribution is 2.39. The molecule has 0 spiro atoms. The van der Waals surface area contributed by atoms with E-state index in [1.807, 2.05) is 0 Å². The Kier molecular flexibility index (Phi) is 3.25. The number of carbonyl (C=O) groups is 2. The minimum Gasteiger partial charge on any atom is -0.478 e. The predicted octanol–water partition coefficient (Wildman–Crippen LogP) is 2.08. The second kappa shape index (κ2) is 5.08. The number of nitrogens with zero attached hydrogens (tertiary/aromatic N) is 1. The number of aromatic nitrogens is 1. The van der Waals surface area contributed by atoms with Crippen molar-refractivity contribution in [1.82, 2.24) is 10.5 Å². The molecule has 0 radical (unpaired) electrons. The fourth-order valence-electron chi connectivity index (χ4n) is 2.07. The summed E-state index contributed by atoms with van der Waals surface area (Å²) in [7, 11) is 0. The van der Waals surface area contributed by atoms with E-state index in [-0.39, 0.29) is 17.9 Å². The molecule has 1 aliphatic rings. The van der Waals surface area contributed by atoms with Crippen LogP contribution in [0.2, 0.25) is 0 Å². The van der Waals surface area contributed by atoms with Crippen molar-refractivity contribution in [3.63, 3.8) is 0 Å². The first-order valence-corrected chi connectivity index (χ1v) is 6.62. The van der Waals surface area contributed by atoms with Crippen molar-refractivity contribution >= 4 is 11.9 Å². The van der Waals surface area contributed by atoms with Crippen LogP contribution < -0.4 is 5.32 Å². The number of nitrogens with one attached hydrogen (secondary N) is 1.